The molecule has 1 amide bonds. The number of amides is 1. The number of esters is 1. The minimum absolute atomic E-state index is 0.298. The van der Waals surface area contributed by atoms with Crippen LogP contribution in [-0.2, 0) is 14.3 Å². The Hall–Kier alpha value is -1.46. The van der Waals surface area contributed by atoms with Gasteiger partial charge in [0.1, 0.15) is 0 Å². The summed E-state index contributed by atoms with van der Waals surface area (Å²) in [5, 5.41) is 3.21. The average Bonchev–Trinajstić information content (AvgIpc) is 2.30. The van der Waals surface area contributed by atoms with Gasteiger partial charge in [-0.25, -0.2) is 4.79 Å². The summed E-state index contributed by atoms with van der Waals surface area (Å²) >= 11 is 7.03. The van der Waals surface area contributed by atoms with Crippen molar-refractivity contribution in [1.29, 1.82) is 0 Å². The molecular weight excluding hydrogens is 262 g/mol. The lowest BCUT2D eigenvalue weighted by Gasteiger charge is -2.18. The van der Waals surface area contributed by atoms with E-state index in [-0.39, 0.29) is 5.91 Å². The Balaban J connectivity index is 2.33. The highest BCUT2D eigenvalue weighted by atomic mass is 35.5. The van der Waals surface area contributed by atoms with E-state index in [1.165, 1.54) is 18.9 Å². The molecule has 0 fully saturated rings. The molecule has 2 rings (SSSR count). The molecule has 1 aliphatic rings. The van der Waals surface area contributed by atoms with Crippen LogP contribution in [0.4, 0.5) is 5.69 Å². The van der Waals surface area contributed by atoms with Crippen LogP contribution in [-0.4, -0.2) is 19.0 Å². The molecule has 0 aromatic heterocycles. The molecule has 0 saturated heterocycles. The maximum absolute atomic E-state index is 11.7. The van der Waals surface area contributed by atoms with Crippen LogP contribution in [0.25, 0.3) is 0 Å². The number of rotatable bonds is 1. The number of thioether (sulfide) groups is 1. The Labute approximate surface area is 107 Å². The van der Waals surface area contributed by atoms with Gasteiger partial charge in [0.15, 0.2) is 0 Å². The van der Waals surface area contributed by atoms with Crippen molar-refractivity contribution in [3.8, 4) is 0 Å². The fraction of sp³-hybridized carbons (Fsp3) is 0.0909. The predicted molar refractivity (Wildman–Crippen MR) is 66.0 cm³/mol. The molecule has 4 nitrogen and oxygen atoms in total. The second-order valence-corrected chi connectivity index (χ2v) is 4.75. The van der Waals surface area contributed by atoms with E-state index >= 15 is 0 Å². The molecule has 0 unspecified atom stereocenters. The Bertz CT molecular complexity index is 527. The lowest BCUT2D eigenvalue weighted by atomic mass is 10.3. The normalized spacial score (nSPS) is 16.4. The number of benzene rings is 1. The zero-order valence-corrected chi connectivity index (χ0v) is 10.4. The molecule has 0 aliphatic carbocycles. The average molecular weight is 270 g/mol. The molecule has 1 aromatic rings. The summed E-state index contributed by atoms with van der Waals surface area (Å²) in [7, 11) is 1.26. The third kappa shape index (κ3) is 2.62. The van der Waals surface area contributed by atoms with E-state index in [0.717, 1.165) is 11.0 Å². The van der Waals surface area contributed by atoms with Crippen LogP contribution < -0.4 is 5.32 Å². The van der Waals surface area contributed by atoms with Gasteiger partial charge in [0, 0.05) is 16.0 Å². The van der Waals surface area contributed by atoms with Gasteiger partial charge >= 0.3 is 5.97 Å². The van der Waals surface area contributed by atoms with Crippen molar-refractivity contribution in [2.75, 3.05) is 12.4 Å². The molecule has 1 N–H and O–H groups in total. The number of ether oxygens (including phenoxy) is 1. The van der Waals surface area contributed by atoms with Gasteiger partial charge in [-0.05, 0) is 18.2 Å². The molecular formula is C11H8ClNO3S. The van der Waals surface area contributed by atoms with Gasteiger partial charge in [-0.1, -0.05) is 23.4 Å². The smallest absolute Gasteiger partial charge is 0.331 e. The van der Waals surface area contributed by atoms with Gasteiger partial charge in [-0.3, -0.25) is 4.79 Å². The summed E-state index contributed by atoms with van der Waals surface area (Å²) in [6, 6.07) is 5.17. The highest BCUT2D eigenvalue weighted by Crippen LogP contribution is 2.39. The summed E-state index contributed by atoms with van der Waals surface area (Å²) < 4.78 is 4.48. The lowest BCUT2D eigenvalue weighted by Crippen LogP contribution is -2.18. The van der Waals surface area contributed by atoms with Crippen molar-refractivity contribution in [3.05, 3.63) is 34.2 Å². The highest BCUT2D eigenvalue weighted by Gasteiger charge is 2.22. The van der Waals surface area contributed by atoms with Gasteiger partial charge in [-0.2, -0.15) is 0 Å². The van der Waals surface area contributed by atoms with Crippen LogP contribution in [0.5, 0.6) is 0 Å². The predicted octanol–water partition coefficient (Wildman–Crippen LogP) is 2.44. The fourth-order valence-electron chi connectivity index (χ4n) is 1.30. The first kappa shape index (κ1) is 12.0. The first-order valence-electron chi connectivity index (χ1n) is 4.68. The van der Waals surface area contributed by atoms with Crippen molar-refractivity contribution >= 4 is 40.9 Å². The third-order valence-corrected chi connectivity index (χ3v) is 3.42. The number of methoxy groups -OCH3 is 1. The third-order valence-electron chi connectivity index (χ3n) is 2.08. The van der Waals surface area contributed by atoms with Crippen molar-refractivity contribution in [1.82, 2.24) is 0 Å². The maximum Gasteiger partial charge on any atom is 0.331 e. The number of hydrogen-bond acceptors (Lipinski definition) is 4. The van der Waals surface area contributed by atoms with Crippen molar-refractivity contribution in [2.24, 2.45) is 0 Å². The summed E-state index contributed by atoms with van der Waals surface area (Å²) in [6.07, 6.45) is 1.16. The Kier molecular flexibility index (Phi) is 3.40. The van der Waals surface area contributed by atoms with Crippen molar-refractivity contribution in [2.45, 2.75) is 4.90 Å². The monoisotopic (exact) mass is 269 g/mol. The van der Waals surface area contributed by atoms with E-state index in [1.54, 1.807) is 18.2 Å². The van der Waals surface area contributed by atoms with E-state index in [4.69, 9.17) is 11.6 Å². The van der Waals surface area contributed by atoms with E-state index in [2.05, 4.69) is 10.1 Å². The molecule has 0 spiro atoms. The summed E-state index contributed by atoms with van der Waals surface area (Å²) in [5.74, 6) is -0.893. The second-order valence-electron chi connectivity index (χ2n) is 3.23. The largest absolute Gasteiger partial charge is 0.466 e. The van der Waals surface area contributed by atoms with Crippen molar-refractivity contribution < 1.29 is 14.3 Å². The number of anilines is 1. The van der Waals surface area contributed by atoms with E-state index in [1.807, 2.05) is 0 Å². The summed E-state index contributed by atoms with van der Waals surface area (Å²) in [6.45, 7) is 0. The molecule has 88 valence electrons. The quantitative estimate of drug-likeness (QED) is 0.628. The minimum Gasteiger partial charge on any atom is -0.466 e. The molecule has 0 radical (unpaired) electrons. The van der Waals surface area contributed by atoms with Gasteiger partial charge in [-0.15, -0.1) is 0 Å². The van der Waals surface area contributed by atoms with Gasteiger partial charge in [0.2, 0.25) is 0 Å². The number of halogens is 1. The van der Waals surface area contributed by atoms with E-state index in [0.29, 0.717) is 15.6 Å². The molecule has 0 saturated carbocycles. The van der Waals surface area contributed by atoms with Crippen molar-refractivity contribution in [3.63, 3.8) is 0 Å². The molecule has 6 heteroatoms. The van der Waals surface area contributed by atoms with Crippen LogP contribution in [0, 0.1) is 0 Å². The zero-order valence-electron chi connectivity index (χ0n) is 8.82. The summed E-state index contributed by atoms with van der Waals surface area (Å²) in [5.41, 5.74) is 0.648. The number of carbonyl (C=O) groups excluding carboxylic acids is 2. The van der Waals surface area contributed by atoms with Crippen LogP contribution >= 0.6 is 23.4 Å². The molecule has 17 heavy (non-hydrogen) atoms. The van der Waals surface area contributed by atoms with Gasteiger partial charge in [0.05, 0.1) is 17.7 Å². The van der Waals surface area contributed by atoms with Crippen LogP contribution in [0.3, 0.4) is 0 Å². The Morgan fingerprint density at radius 2 is 2.29 bits per heavy atom. The van der Waals surface area contributed by atoms with E-state index < -0.39 is 5.97 Å². The van der Waals surface area contributed by atoms with E-state index in [9.17, 15) is 9.59 Å². The van der Waals surface area contributed by atoms with Crippen LogP contribution in [0.2, 0.25) is 5.02 Å². The molecule has 1 aliphatic heterocycles. The Morgan fingerprint density at radius 3 is 3.00 bits per heavy atom. The molecule has 1 aromatic carbocycles. The fourth-order valence-corrected chi connectivity index (χ4v) is 2.36. The SMILES string of the molecule is COC(=O)/C=C1\Sc2ccc(Cl)cc2NC1=O. The first-order chi connectivity index (χ1) is 8.10. The minimum atomic E-state index is -0.555. The highest BCUT2D eigenvalue weighted by molar-refractivity contribution is 8.04. The van der Waals surface area contributed by atoms with Crippen LogP contribution in [0.1, 0.15) is 0 Å². The molecule has 0 bridgehead atoms. The zero-order chi connectivity index (χ0) is 12.4. The molecule has 0 atom stereocenters. The lowest BCUT2D eigenvalue weighted by molar-refractivity contribution is -0.135. The number of nitrogens with one attached hydrogen (secondary N) is 1. The maximum atomic E-state index is 11.7. The first-order valence-corrected chi connectivity index (χ1v) is 5.88. The van der Waals surface area contributed by atoms with Crippen LogP contribution in [0.15, 0.2) is 34.1 Å². The summed E-state index contributed by atoms with van der Waals surface area (Å²) in [4.78, 5) is 23.9. The second kappa shape index (κ2) is 4.81. The van der Waals surface area contributed by atoms with Gasteiger partial charge < -0.3 is 10.1 Å². The molecule has 1 heterocycles. The number of hydrogen-bond donors (Lipinski definition) is 1. The standard InChI is InChI=1S/C11H8ClNO3S/c1-16-10(14)5-9-11(15)13-7-4-6(12)2-3-8(7)17-9/h2-5H,1H3,(H,13,15)/b9-5-. The van der Waals surface area contributed by atoms with Gasteiger partial charge in [0.25, 0.3) is 5.91 Å². The number of fused-ring (bicyclic) bond motifs is 1. The number of carbonyl (C=O) groups is 2. The topological polar surface area (TPSA) is 55.4 Å². The Morgan fingerprint density at radius 1 is 1.53 bits per heavy atom.